The van der Waals surface area contributed by atoms with E-state index in [-0.39, 0.29) is 41.3 Å². The normalized spacial score (nSPS) is 33.7. The average molecular weight is 469 g/mol. The first-order chi connectivity index (χ1) is 14.9. The molecule has 0 bridgehead atoms. The van der Waals surface area contributed by atoms with E-state index < -0.39 is 21.4 Å². The fraction of sp³-hybridized carbons (Fsp3) is 0.864. The molecule has 1 aliphatic carbocycles. The van der Waals surface area contributed by atoms with Gasteiger partial charge in [-0.05, 0) is 43.4 Å². The zero-order chi connectivity index (χ0) is 23.3. The van der Waals surface area contributed by atoms with Gasteiger partial charge in [0.05, 0.1) is 11.5 Å². The van der Waals surface area contributed by atoms with Crippen molar-refractivity contribution in [3.05, 3.63) is 0 Å². The van der Waals surface area contributed by atoms with E-state index in [0.717, 1.165) is 17.7 Å². The number of amides is 4. The highest BCUT2D eigenvalue weighted by Crippen LogP contribution is 2.43. The number of carbonyl (C=O) groups excluding carboxylic acids is 3. The third kappa shape index (κ3) is 4.53. The average Bonchev–Trinajstić information content (AvgIpc) is 3.20. The topological polar surface area (TPSA) is 107 Å². The Kier molecular flexibility index (Phi) is 6.07. The molecular formula is C22H36N4O5S. The van der Waals surface area contributed by atoms with Crippen LogP contribution in [0.2, 0.25) is 0 Å². The lowest BCUT2D eigenvalue weighted by Crippen LogP contribution is -2.54. The van der Waals surface area contributed by atoms with Gasteiger partial charge in [0.15, 0.2) is 9.84 Å². The first-order valence-electron chi connectivity index (χ1n) is 11.8. The molecule has 4 fully saturated rings. The number of imide groups is 1. The number of carbonyl (C=O) groups is 3. The van der Waals surface area contributed by atoms with Crippen LogP contribution < -0.4 is 5.32 Å². The summed E-state index contributed by atoms with van der Waals surface area (Å²) in [6.45, 7) is 8.60. The SMILES string of the molecule is CC(C)(C)C1CCC2(CC1)NC(=O)N(CC(=O)N1CCN(C3CCS(=O)(=O)C3)CC1)C2=O. The summed E-state index contributed by atoms with van der Waals surface area (Å²) in [4.78, 5) is 43.5. The van der Waals surface area contributed by atoms with Gasteiger partial charge in [-0.25, -0.2) is 13.2 Å². The van der Waals surface area contributed by atoms with E-state index in [1.807, 2.05) is 0 Å². The molecule has 3 aliphatic heterocycles. The summed E-state index contributed by atoms with van der Waals surface area (Å²) in [7, 11) is -2.94. The molecule has 0 radical (unpaired) electrons. The fourth-order valence-corrected chi connectivity index (χ4v) is 7.53. The maximum Gasteiger partial charge on any atom is 0.325 e. The van der Waals surface area contributed by atoms with Crippen LogP contribution in [0.25, 0.3) is 0 Å². The Balaban J connectivity index is 1.30. The van der Waals surface area contributed by atoms with Crippen LogP contribution in [0.3, 0.4) is 0 Å². The van der Waals surface area contributed by atoms with Crippen molar-refractivity contribution in [2.45, 2.75) is 64.5 Å². The van der Waals surface area contributed by atoms with E-state index in [1.54, 1.807) is 4.90 Å². The van der Waals surface area contributed by atoms with Crippen LogP contribution in [-0.2, 0) is 19.4 Å². The first kappa shape index (κ1) is 23.5. The third-order valence-electron chi connectivity index (χ3n) is 7.99. The molecule has 32 heavy (non-hydrogen) atoms. The molecule has 1 atom stereocenters. The van der Waals surface area contributed by atoms with Crippen LogP contribution in [0.4, 0.5) is 4.79 Å². The maximum atomic E-state index is 13.2. The lowest BCUT2D eigenvalue weighted by molar-refractivity contribution is -0.141. The number of sulfone groups is 1. The molecule has 3 saturated heterocycles. The van der Waals surface area contributed by atoms with Crippen LogP contribution in [0, 0.1) is 11.3 Å². The van der Waals surface area contributed by atoms with Crippen LogP contribution >= 0.6 is 0 Å². The number of hydrogen-bond donors (Lipinski definition) is 1. The molecule has 9 nitrogen and oxygen atoms in total. The minimum absolute atomic E-state index is 0.0336. The molecule has 0 aromatic carbocycles. The summed E-state index contributed by atoms with van der Waals surface area (Å²) in [6.07, 6.45) is 3.66. The number of piperazine rings is 1. The zero-order valence-corrected chi connectivity index (χ0v) is 20.2. The molecule has 4 rings (SSSR count). The minimum Gasteiger partial charge on any atom is -0.339 e. The second-order valence-electron chi connectivity index (χ2n) is 11.0. The molecule has 0 aromatic rings. The summed E-state index contributed by atoms with van der Waals surface area (Å²) >= 11 is 0. The molecule has 4 aliphatic rings. The molecule has 1 N–H and O–H groups in total. The lowest BCUT2D eigenvalue weighted by atomic mass is 9.67. The summed E-state index contributed by atoms with van der Waals surface area (Å²) in [6, 6.07) is -0.432. The van der Waals surface area contributed by atoms with Crippen LogP contribution in [-0.4, -0.2) is 96.8 Å². The number of hydrogen-bond acceptors (Lipinski definition) is 6. The van der Waals surface area contributed by atoms with E-state index in [9.17, 15) is 22.8 Å². The summed E-state index contributed by atoms with van der Waals surface area (Å²) in [5, 5.41) is 2.90. The predicted molar refractivity (Wildman–Crippen MR) is 120 cm³/mol. The van der Waals surface area contributed by atoms with Crippen molar-refractivity contribution >= 4 is 27.7 Å². The fourth-order valence-electron chi connectivity index (χ4n) is 5.77. The maximum absolute atomic E-state index is 13.2. The van der Waals surface area contributed by atoms with Crippen molar-refractivity contribution in [2.75, 3.05) is 44.2 Å². The monoisotopic (exact) mass is 468 g/mol. The number of urea groups is 1. The number of nitrogens with zero attached hydrogens (tertiary/aromatic N) is 3. The largest absolute Gasteiger partial charge is 0.339 e. The van der Waals surface area contributed by atoms with Crippen molar-refractivity contribution < 1.29 is 22.8 Å². The van der Waals surface area contributed by atoms with Gasteiger partial charge in [-0.1, -0.05) is 20.8 Å². The lowest BCUT2D eigenvalue weighted by Gasteiger charge is -2.40. The van der Waals surface area contributed by atoms with Crippen molar-refractivity contribution in [3.8, 4) is 0 Å². The van der Waals surface area contributed by atoms with Gasteiger partial charge in [0, 0.05) is 32.2 Å². The van der Waals surface area contributed by atoms with Gasteiger partial charge in [0.2, 0.25) is 5.91 Å². The highest BCUT2D eigenvalue weighted by atomic mass is 32.2. The minimum atomic E-state index is -2.94. The number of nitrogens with one attached hydrogen (secondary N) is 1. The van der Waals surface area contributed by atoms with E-state index >= 15 is 0 Å². The quantitative estimate of drug-likeness (QED) is 0.616. The van der Waals surface area contributed by atoms with Crippen molar-refractivity contribution in [3.63, 3.8) is 0 Å². The highest BCUT2D eigenvalue weighted by Gasteiger charge is 2.53. The molecule has 1 spiro atoms. The number of rotatable bonds is 3. The van der Waals surface area contributed by atoms with Crippen LogP contribution in [0.1, 0.15) is 52.9 Å². The highest BCUT2D eigenvalue weighted by molar-refractivity contribution is 7.91. The molecular weight excluding hydrogens is 432 g/mol. The van der Waals surface area contributed by atoms with Gasteiger partial charge < -0.3 is 10.2 Å². The Morgan fingerprint density at radius 1 is 1.06 bits per heavy atom. The molecule has 4 amide bonds. The Bertz CT molecular complexity index is 880. The summed E-state index contributed by atoms with van der Waals surface area (Å²) in [5.41, 5.74) is -0.681. The van der Waals surface area contributed by atoms with Gasteiger partial charge in [-0.15, -0.1) is 0 Å². The first-order valence-corrected chi connectivity index (χ1v) is 13.6. The van der Waals surface area contributed by atoms with E-state index in [4.69, 9.17) is 0 Å². The van der Waals surface area contributed by atoms with E-state index in [2.05, 4.69) is 31.0 Å². The summed E-state index contributed by atoms with van der Waals surface area (Å²) < 4.78 is 23.5. The van der Waals surface area contributed by atoms with Gasteiger partial charge in [0.1, 0.15) is 12.1 Å². The van der Waals surface area contributed by atoms with Crippen molar-refractivity contribution in [1.82, 2.24) is 20.0 Å². The van der Waals surface area contributed by atoms with E-state index in [1.165, 1.54) is 0 Å². The summed E-state index contributed by atoms with van der Waals surface area (Å²) in [5.74, 6) is 0.452. The van der Waals surface area contributed by atoms with E-state index in [0.29, 0.717) is 51.4 Å². The Hall–Kier alpha value is -1.68. The van der Waals surface area contributed by atoms with Gasteiger partial charge in [-0.3, -0.25) is 19.4 Å². The Labute approximate surface area is 190 Å². The zero-order valence-electron chi connectivity index (χ0n) is 19.4. The molecule has 3 heterocycles. The molecule has 1 saturated carbocycles. The molecule has 1 unspecified atom stereocenters. The molecule has 0 aromatic heterocycles. The van der Waals surface area contributed by atoms with Crippen molar-refractivity contribution in [1.29, 1.82) is 0 Å². The van der Waals surface area contributed by atoms with Gasteiger partial charge >= 0.3 is 6.03 Å². The van der Waals surface area contributed by atoms with Gasteiger partial charge in [0.25, 0.3) is 5.91 Å². The Morgan fingerprint density at radius 2 is 1.69 bits per heavy atom. The van der Waals surface area contributed by atoms with Crippen LogP contribution in [0.5, 0.6) is 0 Å². The standard InChI is InChI=1S/C22H36N4O5S/c1-21(2,3)16-4-7-22(8-5-16)19(28)26(20(29)23-22)14-18(27)25-11-9-24(10-12-25)17-6-13-32(30,31)15-17/h16-17H,4-15H2,1-3H3,(H,23,29). The smallest absolute Gasteiger partial charge is 0.325 e. The molecule has 10 heteroatoms. The third-order valence-corrected chi connectivity index (χ3v) is 9.75. The Morgan fingerprint density at radius 3 is 2.22 bits per heavy atom. The second kappa shape index (κ2) is 8.27. The van der Waals surface area contributed by atoms with Crippen molar-refractivity contribution in [2.24, 2.45) is 11.3 Å². The molecule has 180 valence electrons. The van der Waals surface area contributed by atoms with Gasteiger partial charge in [-0.2, -0.15) is 0 Å². The second-order valence-corrected chi connectivity index (χ2v) is 13.2. The van der Waals surface area contributed by atoms with Crippen LogP contribution in [0.15, 0.2) is 0 Å². The predicted octanol–water partition coefficient (Wildman–Crippen LogP) is 0.845.